The number of aromatic nitrogens is 4. The van der Waals surface area contributed by atoms with Crippen LogP contribution in [-0.2, 0) is 11.3 Å². The van der Waals surface area contributed by atoms with Crippen LogP contribution < -0.4 is 0 Å². The molecule has 0 bridgehead atoms. The average Bonchev–Trinajstić information content (AvgIpc) is 3.27. The van der Waals surface area contributed by atoms with E-state index in [1.165, 1.54) is 0 Å². The van der Waals surface area contributed by atoms with E-state index in [4.69, 9.17) is 9.15 Å². The van der Waals surface area contributed by atoms with E-state index in [-0.39, 0.29) is 18.2 Å². The van der Waals surface area contributed by atoms with Gasteiger partial charge in [-0.1, -0.05) is 36.4 Å². The van der Waals surface area contributed by atoms with E-state index in [1.807, 2.05) is 48.5 Å². The summed E-state index contributed by atoms with van der Waals surface area (Å²) in [5.41, 5.74) is 1.81. The number of aromatic amines is 1. The first-order valence-electron chi connectivity index (χ1n) is 7.29. The summed E-state index contributed by atoms with van der Waals surface area (Å²) in [5, 5.41) is 15.3. The maximum absolute atomic E-state index is 12.2. The summed E-state index contributed by atoms with van der Waals surface area (Å²) >= 11 is 0. The second kappa shape index (κ2) is 5.96. The zero-order valence-electron chi connectivity index (χ0n) is 12.5. The average molecular weight is 320 g/mol. The molecule has 118 valence electrons. The Hall–Kier alpha value is -3.48. The molecule has 1 N–H and O–H groups in total. The molecule has 2 aromatic carbocycles. The van der Waals surface area contributed by atoms with Crippen LogP contribution in [0.15, 0.2) is 59.0 Å². The lowest BCUT2D eigenvalue weighted by Gasteiger charge is -1.99. The highest BCUT2D eigenvalue weighted by Crippen LogP contribution is 2.19. The topological polar surface area (TPSA) is 93.9 Å². The minimum absolute atomic E-state index is 0.111. The van der Waals surface area contributed by atoms with Crippen LogP contribution in [-0.4, -0.2) is 26.4 Å². The minimum Gasteiger partial charge on any atom is -0.451 e. The first-order chi connectivity index (χ1) is 11.8. The molecule has 0 spiro atoms. The zero-order valence-corrected chi connectivity index (χ0v) is 12.5. The van der Waals surface area contributed by atoms with Gasteiger partial charge in [-0.3, -0.25) is 5.10 Å². The van der Waals surface area contributed by atoms with Crippen LogP contribution in [0.3, 0.4) is 0 Å². The van der Waals surface area contributed by atoms with Crippen LogP contribution in [0.2, 0.25) is 0 Å². The third-order valence-electron chi connectivity index (χ3n) is 3.48. The van der Waals surface area contributed by atoms with Crippen LogP contribution in [0.25, 0.3) is 22.4 Å². The lowest BCUT2D eigenvalue weighted by Crippen LogP contribution is -2.06. The molecule has 2 heterocycles. The maximum atomic E-state index is 12.2. The van der Waals surface area contributed by atoms with E-state index in [0.717, 1.165) is 11.1 Å². The molecule has 4 rings (SSSR count). The summed E-state index contributed by atoms with van der Waals surface area (Å²) in [6, 6.07) is 16.7. The van der Waals surface area contributed by atoms with Crippen molar-refractivity contribution in [2.45, 2.75) is 6.61 Å². The molecular weight excluding hydrogens is 308 g/mol. The molecule has 4 aromatic rings. The Morgan fingerprint density at radius 1 is 1.04 bits per heavy atom. The summed E-state index contributed by atoms with van der Waals surface area (Å²) < 4.78 is 10.7. The number of ether oxygens (including phenoxy) is 1. The molecule has 0 saturated carbocycles. The zero-order chi connectivity index (χ0) is 16.4. The van der Waals surface area contributed by atoms with Crippen molar-refractivity contribution >= 4 is 16.9 Å². The van der Waals surface area contributed by atoms with Crippen LogP contribution >= 0.6 is 0 Å². The molecule has 0 atom stereocenters. The number of nitrogens with zero attached hydrogens (tertiary/aromatic N) is 3. The number of para-hydroxylation sites is 1. The molecule has 0 unspecified atom stereocenters. The number of carbonyl (C=O) groups excluding carboxylic acids is 1. The Kier molecular flexibility index (Phi) is 3.51. The number of H-pyrrole nitrogens is 1. The predicted molar refractivity (Wildman–Crippen MR) is 84.9 cm³/mol. The number of carbonyl (C=O) groups is 1. The van der Waals surface area contributed by atoms with Gasteiger partial charge in [0.25, 0.3) is 5.89 Å². The Morgan fingerprint density at radius 3 is 2.71 bits per heavy atom. The molecule has 2 aromatic heterocycles. The monoisotopic (exact) mass is 320 g/mol. The molecule has 0 aliphatic rings. The van der Waals surface area contributed by atoms with Gasteiger partial charge < -0.3 is 9.15 Å². The molecule has 7 heteroatoms. The first kappa shape index (κ1) is 14.1. The Bertz CT molecular complexity index is 991. The number of benzene rings is 2. The maximum Gasteiger partial charge on any atom is 0.359 e. The van der Waals surface area contributed by atoms with Crippen LogP contribution in [0.1, 0.15) is 16.4 Å². The van der Waals surface area contributed by atoms with Gasteiger partial charge in [-0.15, -0.1) is 10.2 Å². The van der Waals surface area contributed by atoms with Gasteiger partial charge >= 0.3 is 5.97 Å². The molecule has 24 heavy (non-hydrogen) atoms. The van der Waals surface area contributed by atoms with Gasteiger partial charge in [-0.05, 0) is 18.2 Å². The van der Waals surface area contributed by atoms with Crippen LogP contribution in [0, 0.1) is 0 Å². The normalized spacial score (nSPS) is 10.8. The fourth-order valence-electron chi connectivity index (χ4n) is 2.32. The lowest BCUT2D eigenvalue weighted by atomic mass is 10.2. The van der Waals surface area contributed by atoms with Crippen molar-refractivity contribution in [1.29, 1.82) is 0 Å². The van der Waals surface area contributed by atoms with Gasteiger partial charge in [0.05, 0.1) is 5.52 Å². The third kappa shape index (κ3) is 2.63. The Labute approximate surface area is 136 Å². The summed E-state index contributed by atoms with van der Waals surface area (Å²) in [7, 11) is 0. The van der Waals surface area contributed by atoms with E-state index < -0.39 is 5.97 Å². The van der Waals surface area contributed by atoms with Crippen LogP contribution in [0.4, 0.5) is 0 Å². The van der Waals surface area contributed by atoms with Crippen molar-refractivity contribution in [3.8, 4) is 11.5 Å². The number of nitrogens with one attached hydrogen (secondary N) is 1. The summed E-state index contributed by atoms with van der Waals surface area (Å²) in [6.45, 7) is -0.111. The molecular formula is C17H12N4O3. The smallest absolute Gasteiger partial charge is 0.359 e. The van der Waals surface area contributed by atoms with Gasteiger partial charge in [0.15, 0.2) is 12.3 Å². The molecule has 0 radical (unpaired) electrons. The van der Waals surface area contributed by atoms with E-state index in [0.29, 0.717) is 11.3 Å². The van der Waals surface area contributed by atoms with Crippen molar-refractivity contribution < 1.29 is 13.9 Å². The van der Waals surface area contributed by atoms with Gasteiger partial charge in [0.2, 0.25) is 5.89 Å². The number of hydrogen-bond acceptors (Lipinski definition) is 6. The number of esters is 1. The van der Waals surface area contributed by atoms with Crippen molar-refractivity contribution in [2.75, 3.05) is 0 Å². The first-order valence-corrected chi connectivity index (χ1v) is 7.29. The highest BCUT2D eigenvalue weighted by Gasteiger charge is 2.17. The molecule has 0 amide bonds. The lowest BCUT2D eigenvalue weighted by molar-refractivity contribution is 0.0434. The molecule has 0 aliphatic carbocycles. The standard InChI is InChI=1S/C17H12N4O3/c22-17(15-12-8-4-5-9-13(12)18-20-15)23-10-14-19-21-16(24-14)11-6-2-1-3-7-11/h1-9H,10H2,(H,18,20). The van der Waals surface area contributed by atoms with E-state index in [9.17, 15) is 4.79 Å². The van der Waals surface area contributed by atoms with E-state index in [2.05, 4.69) is 20.4 Å². The quantitative estimate of drug-likeness (QED) is 0.581. The van der Waals surface area contributed by atoms with Gasteiger partial charge in [0, 0.05) is 10.9 Å². The SMILES string of the molecule is O=C(OCc1nnc(-c2ccccc2)o1)c1n[nH]c2ccccc12. The highest BCUT2D eigenvalue weighted by molar-refractivity contribution is 6.01. The van der Waals surface area contributed by atoms with Gasteiger partial charge in [-0.25, -0.2) is 4.79 Å². The minimum atomic E-state index is -0.549. The fraction of sp³-hybridized carbons (Fsp3) is 0.0588. The number of hydrogen-bond donors (Lipinski definition) is 1. The molecule has 0 saturated heterocycles. The Morgan fingerprint density at radius 2 is 1.83 bits per heavy atom. The van der Waals surface area contributed by atoms with Crippen molar-refractivity contribution in [2.24, 2.45) is 0 Å². The largest absolute Gasteiger partial charge is 0.451 e. The number of rotatable bonds is 4. The Balaban J connectivity index is 1.47. The third-order valence-corrected chi connectivity index (χ3v) is 3.48. The van der Waals surface area contributed by atoms with E-state index >= 15 is 0 Å². The molecule has 0 aliphatic heterocycles. The van der Waals surface area contributed by atoms with Gasteiger partial charge in [-0.2, -0.15) is 5.10 Å². The van der Waals surface area contributed by atoms with Gasteiger partial charge in [0.1, 0.15) is 0 Å². The predicted octanol–water partition coefficient (Wildman–Crippen LogP) is 2.97. The second-order valence-electron chi connectivity index (χ2n) is 5.06. The summed E-state index contributed by atoms with van der Waals surface area (Å²) in [5.74, 6) is 0.0563. The summed E-state index contributed by atoms with van der Waals surface area (Å²) in [4.78, 5) is 12.2. The van der Waals surface area contributed by atoms with E-state index in [1.54, 1.807) is 6.07 Å². The highest BCUT2D eigenvalue weighted by atomic mass is 16.5. The van der Waals surface area contributed by atoms with Crippen molar-refractivity contribution in [1.82, 2.24) is 20.4 Å². The van der Waals surface area contributed by atoms with Crippen LogP contribution in [0.5, 0.6) is 0 Å². The van der Waals surface area contributed by atoms with Crippen molar-refractivity contribution in [3.05, 3.63) is 66.2 Å². The second-order valence-corrected chi connectivity index (χ2v) is 5.06. The number of fused-ring (bicyclic) bond motifs is 1. The van der Waals surface area contributed by atoms with Crippen molar-refractivity contribution in [3.63, 3.8) is 0 Å². The fourth-order valence-corrected chi connectivity index (χ4v) is 2.32. The molecule has 0 fully saturated rings. The molecule has 7 nitrogen and oxygen atoms in total. The summed E-state index contributed by atoms with van der Waals surface area (Å²) in [6.07, 6.45) is 0.